The van der Waals surface area contributed by atoms with E-state index >= 15 is 0 Å². The number of hydrogen-bond acceptors (Lipinski definition) is 6. The van der Waals surface area contributed by atoms with Gasteiger partial charge in [-0.1, -0.05) is 24.3 Å². The van der Waals surface area contributed by atoms with Crippen LogP contribution in [0.3, 0.4) is 0 Å². The molecule has 8 nitrogen and oxygen atoms in total. The molecule has 4 rings (SSSR count). The summed E-state index contributed by atoms with van der Waals surface area (Å²) < 4.78 is 45.5. The summed E-state index contributed by atoms with van der Waals surface area (Å²) in [5.41, 5.74) is -0.264. The van der Waals surface area contributed by atoms with Crippen molar-refractivity contribution < 1.29 is 27.5 Å². The number of ether oxygens (including phenoxy) is 1. The van der Waals surface area contributed by atoms with Crippen molar-refractivity contribution in [2.45, 2.75) is 45.6 Å². The van der Waals surface area contributed by atoms with E-state index in [0.717, 1.165) is 17.7 Å². The number of pyridine rings is 1. The van der Waals surface area contributed by atoms with E-state index in [4.69, 9.17) is 4.74 Å². The predicted octanol–water partition coefficient (Wildman–Crippen LogP) is 4.74. The molecule has 0 radical (unpaired) electrons. The minimum atomic E-state index is -4.49. The van der Waals surface area contributed by atoms with E-state index in [1.54, 1.807) is 45.0 Å². The first-order valence-electron chi connectivity index (χ1n) is 11.9. The molecule has 0 unspecified atom stereocenters. The molecular weight excluding hydrogens is 513 g/mol. The summed E-state index contributed by atoms with van der Waals surface area (Å²) in [6, 6.07) is 12.6. The molecule has 4 aromatic rings. The highest BCUT2D eigenvalue weighted by Gasteiger charge is 2.30. The summed E-state index contributed by atoms with van der Waals surface area (Å²) in [5.74, 6) is -1.10. The number of alkyl halides is 3. The van der Waals surface area contributed by atoms with Gasteiger partial charge in [0.1, 0.15) is 11.3 Å². The molecule has 0 spiro atoms. The van der Waals surface area contributed by atoms with Crippen LogP contribution in [-0.2, 0) is 24.0 Å². The number of esters is 1. The highest BCUT2D eigenvalue weighted by atomic mass is 19.4. The number of fused-ring (bicyclic) bond motifs is 1. The van der Waals surface area contributed by atoms with E-state index in [9.17, 15) is 27.6 Å². The lowest BCUT2D eigenvalue weighted by Gasteiger charge is -2.19. The van der Waals surface area contributed by atoms with Gasteiger partial charge in [-0.3, -0.25) is 14.2 Å². The fourth-order valence-electron chi connectivity index (χ4n) is 3.71. The van der Waals surface area contributed by atoms with Crippen molar-refractivity contribution in [2.24, 2.45) is 0 Å². The smallest absolute Gasteiger partial charge is 0.416 e. The van der Waals surface area contributed by atoms with Crippen LogP contribution in [-0.4, -0.2) is 32.0 Å². The number of carbonyl (C=O) groups excluding carboxylic acids is 2. The number of hydrogen-bond donors (Lipinski definition) is 1. The largest absolute Gasteiger partial charge is 0.456 e. The summed E-state index contributed by atoms with van der Waals surface area (Å²) >= 11 is 0. The molecule has 0 aliphatic heterocycles. The summed E-state index contributed by atoms with van der Waals surface area (Å²) in [5, 5.41) is 2.68. The standard InChI is InChI=1S/C28H25F3N4O4/c1-27(2,3)39-26(38)19-9-7-17(8-10-19)15-35-16-34-23-14-32-22(12-21(23)25(35)37)24(36)33-13-18-5-4-6-20(11-18)28(29,30)31/h4-12,14,16H,13,15H2,1-3H3,(H,33,36). The third kappa shape index (κ3) is 6.86. The first-order valence-corrected chi connectivity index (χ1v) is 11.9. The summed E-state index contributed by atoms with van der Waals surface area (Å²) in [7, 11) is 0. The molecule has 0 saturated heterocycles. The van der Waals surface area contributed by atoms with Gasteiger partial charge in [0, 0.05) is 6.54 Å². The van der Waals surface area contributed by atoms with Crippen LogP contribution in [0.5, 0.6) is 0 Å². The molecule has 2 heterocycles. The lowest BCUT2D eigenvalue weighted by Crippen LogP contribution is -2.25. The maximum Gasteiger partial charge on any atom is 0.416 e. The Bertz CT molecular complexity index is 1590. The Morgan fingerprint density at radius 3 is 2.36 bits per heavy atom. The van der Waals surface area contributed by atoms with E-state index in [1.165, 1.54) is 35.3 Å². The van der Waals surface area contributed by atoms with Crippen molar-refractivity contribution in [1.82, 2.24) is 19.9 Å². The van der Waals surface area contributed by atoms with Crippen LogP contribution in [0, 0.1) is 0 Å². The second kappa shape index (κ2) is 10.7. The first-order chi connectivity index (χ1) is 18.3. The van der Waals surface area contributed by atoms with E-state index in [2.05, 4.69) is 15.3 Å². The first kappa shape index (κ1) is 27.5. The SMILES string of the molecule is CC(C)(C)OC(=O)c1ccc(Cn2cnc3cnc(C(=O)NCc4cccc(C(F)(F)F)c4)cc3c2=O)cc1. The monoisotopic (exact) mass is 538 g/mol. The minimum Gasteiger partial charge on any atom is -0.456 e. The van der Waals surface area contributed by atoms with Gasteiger partial charge in [-0.05, 0) is 62.2 Å². The molecule has 0 aliphatic carbocycles. The Hall–Kier alpha value is -4.54. The van der Waals surface area contributed by atoms with Crippen LogP contribution in [0.1, 0.15) is 58.3 Å². The van der Waals surface area contributed by atoms with Crippen LogP contribution in [0.25, 0.3) is 10.9 Å². The molecule has 0 aliphatic rings. The van der Waals surface area contributed by atoms with Gasteiger partial charge >= 0.3 is 12.1 Å². The Morgan fingerprint density at radius 2 is 1.69 bits per heavy atom. The molecule has 1 N–H and O–H groups in total. The summed E-state index contributed by atoms with van der Waals surface area (Å²) in [4.78, 5) is 46.3. The average Bonchev–Trinajstić information content (AvgIpc) is 2.88. The van der Waals surface area contributed by atoms with E-state index in [-0.39, 0.29) is 35.2 Å². The van der Waals surface area contributed by atoms with Crippen molar-refractivity contribution >= 4 is 22.8 Å². The Morgan fingerprint density at radius 1 is 0.974 bits per heavy atom. The number of carbonyl (C=O) groups is 2. The molecule has 0 saturated carbocycles. The lowest BCUT2D eigenvalue weighted by atomic mass is 10.1. The highest BCUT2D eigenvalue weighted by molar-refractivity contribution is 5.95. The molecule has 2 aromatic carbocycles. The quantitative estimate of drug-likeness (QED) is 0.356. The van der Waals surface area contributed by atoms with Crippen molar-refractivity contribution in [1.29, 1.82) is 0 Å². The lowest BCUT2D eigenvalue weighted by molar-refractivity contribution is -0.137. The number of rotatable bonds is 6. The average molecular weight is 539 g/mol. The summed E-state index contributed by atoms with van der Waals surface area (Å²) in [6.45, 7) is 5.34. The minimum absolute atomic E-state index is 0.0761. The molecule has 0 bridgehead atoms. The third-order valence-corrected chi connectivity index (χ3v) is 5.59. The highest BCUT2D eigenvalue weighted by Crippen LogP contribution is 2.29. The maximum absolute atomic E-state index is 13.1. The number of aromatic nitrogens is 3. The zero-order chi connectivity index (χ0) is 28.4. The fraction of sp³-hybridized carbons (Fsp3) is 0.250. The van der Waals surface area contributed by atoms with Crippen LogP contribution in [0.2, 0.25) is 0 Å². The van der Waals surface area contributed by atoms with Crippen molar-refractivity contribution in [3.63, 3.8) is 0 Å². The van der Waals surface area contributed by atoms with Crippen LogP contribution in [0.15, 0.2) is 71.9 Å². The number of amides is 1. The molecule has 202 valence electrons. The predicted molar refractivity (Wildman–Crippen MR) is 137 cm³/mol. The number of benzene rings is 2. The van der Waals surface area contributed by atoms with E-state index in [0.29, 0.717) is 5.56 Å². The normalized spacial score (nSPS) is 11.8. The Balaban J connectivity index is 1.49. The maximum atomic E-state index is 13.1. The number of nitrogens with zero attached hydrogens (tertiary/aromatic N) is 3. The van der Waals surface area contributed by atoms with Gasteiger partial charge in [0.15, 0.2) is 0 Å². The topological polar surface area (TPSA) is 103 Å². The Labute approximate surface area is 221 Å². The fourth-order valence-corrected chi connectivity index (χ4v) is 3.71. The van der Waals surface area contributed by atoms with Crippen molar-refractivity contribution in [3.05, 3.63) is 105 Å². The molecule has 0 atom stereocenters. The van der Waals surface area contributed by atoms with Crippen LogP contribution < -0.4 is 10.9 Å². The van der Waals surface area contributed by atoms with Crippen LogP contribution in [0.4, 0.5) is 13.2 Å². The molecule has 1 amide bonds. The van der Waals surface area contributed by atoms with Crippen molar-refractivity contribution in [2.75, 3.05) is 0 Å². The number of nitrogens with one attached hydrogen (secondary N) is 1. The number of halogens is 3. The van der Waals surface area contributed by atoms with Crippen molar-refractivity contribution in [3.8, 4) is 0 Å². The van der Waals surface area contributed by atoms with Gasteiger partial charge in [0.05, 0.1) is 41.1 Å². The second-order valence-corrected chi connectivity index (χ2v) is 9.84. The van der Waals surface area contributed by atoms with Gasteiger partial charge in [0.25, 0.3) is 11.5 Å². The molecule has 2 aromatic heterocycles. The van der Waals surface area contributed by atoms with Gasteiger partial charge in [-0.25, -0.2) is 14.8 Å². The molecule has 11 heteroatoms. The Kier molecular flexibility index (Phi) is 7.53. The second-order valence-electron chi connectivity index (χ2n) is 9.84. The zero-order valence-electron chi connectivity index (χ0n) is 21.4. The molecule has 39 heavy (non-hydrogen) atoms. The van der Waals surface area contributed by atoms with Gasteiger partial charge in [0.2, 0.25) is 0 Å². The zero-order valence-corrected chi connectivity index (χ0v) is 21.4. The van der Waals surface area contributed by atoms with Gasteiger partial charge in [-0.15, -0.1) is 0 Å². The molecule has 0 fully saturated rings. The van der Waals surface area contributed by atoms with E-state index in [1.807, 2.05) is 0 Å². The van der Waals surface area contributed by atoms with Gasteiger partial charge in [-0.2, -0.15) is 13.2 Å². The molecular formula is C28H25F3N4O4. The van der Waals surface area contributed by atoms with Gasteiger partial charge < -0.3 is 10.1 Å². The van der Waals surface area contributed by atoms with Crippen LogP contribution >= 0.6 is 0 Å². The van der Waals surface area contributed by atoms with E-state index < -0.39 is 34.8 Å². The third-order valence-electron chi connectivity index (χ3n) is 5.59. The summed E-state index contributed by atoms with van der Waals surface area (Å²) in [6.07, 6.45) is -1.84.